The van der Waals surface area contributed by atoms with Gasteiger partial charge in [0.1, 0.15) is 0 Å². The van der Waals surface area contributed by atoms with Crippen LogP contribution < -0.4 is 0 Å². The van der Waals surface area contributed by atoms with E-state index in [1.165, 1.54) is 11.1 Å². The summed E-state index contributed by atoms with van der Waals surface area (Å²) in [7, 11) is 4.16. The van der Waals surface area contributed by atoms with E-state index in [9.17, 15) is 0 Å². The molecule has 0 spiro atoms. The van der Waals surface area contributed by atoms with Crippen molar-refractivity contribution in [3.8, 4) is 0 Å². The Morgan fingerprint density at radius 3 is 1.87 bits per heavy atom. The second-order valence-electron chi connectivity index (χ2n) is 8.13. The van der Waals surface area contributed by atoms with Crippen molar-refractivity contribution in [3.05, 3.63) is 77.0 Å². The highest BCUT2D eigenvalue weighted by Crippen LogP contribution is 2.28. The van der Waals surface area contributed by atoms with E-state index in [-0.39, 0.29) is 0 Å². The number of rotatable bonds is 1. The Morgan fingerprint density at radius 2 is 1.29 bits per heavy atom. The smallest absolute Gasteiger partial charge is 0.0658 e. The topological polar surface area (TPSA) is 63.8 Å². The van der Waals surface area contributed by atoms with Crippen LogP contribution in [0.25, 0.3) is 51.9 Å². The SMILES string of the molecule is CN1C=C(c2cc3cc4nc(cc5ccc(cc6nc(cc2[nH]3)C=C6)[nH]5)C=C4)CN1C. The number of likely N-dealkylation sites (N-methyl/N-ethyl adjacent to an activating group) is 1. The summed E-state index contributed by atoms with van der Waals surface area (Å²) in [5.74, 6) is 0. The minimum Gasteiger partial charge on any atom is -0.355 e. The van der Waals surface area contributed by atoms with E-state index in [0.717, 1.165) is 51.4 Å². The molecule has 0 unspecified atom stereocenters. The molecule has 6 heterocycles. The van der Waals surface area contributed by atoms with Crippen LogP contribution in [0.15, 0.2) is 48.7 Å². The summed E-state index contributed by atoms with van der Waals surface area (Å²) in [6, 6.07) is 14.6. The molecule has 0 aliphatic carbocycles. The van der Waals surface area contributed by atoms with Crippen LogP contribution in [0.5, 0.6) is 0 Å². The third-order valence-corrected chi connectivity index (χ3v) is 5.79. The number of fused-ring (bicyclic) bond motifs is 8. The van der Waals surface area contributed by atoms with Crippen molar-refractivity contribution in [2.45, 2.75) is 0 Å². The average molecular weight is 406 g/mol. The first-order valence-electron chi connectivity index (χ1n) is 10.3. The molecule has 6 rings (SSSR count). The zero-order valence-electron chi connectivity index (χ0n) is 17.4. The zero-order valence-corrected chi connectivity index (χ0v) is 17.4. The van der Waals surface area contributed by atoms with E-state index >= 15 is 0 Å². The molecular weight excluding hydrogens is 384 g/mol. The zero-order chi connectivity index (χ0) is 20.9. The van der Waals surface area contributed by atoms with Crippen molar-refractivity contribution in [2.75, 3.05) is 20.6 Å². The van der Waals surface area contributed by atoms with Crippen LogP contribution in [0, 0.1) is 0 Å². The molecule has 6 nitrogen and oxygen atoms in total. The number of aromatic nitrogens is 4. The third-order valence-electron chi connectivity index (χ3n) is 5.79. The summed E-state index contributed by atoms with van der Waals surface area (Å²) in [6.45, 7) is 0.866. The van der Waals surface area contributed by atoms with Gasteiger partial charge in [-0.2, -0.15) is 0 Å². The van der Waals surface area contributed by atoms with E-state index in [1.54, 1.807) is 0 Å². The predicted molar refractivity (Wildman–Crippen MR) is 127 cm³/mol. The van der Waals surface area contributed by atoms with Crippen LogP contribution in [0.3, 0.4) is 0 Å². The number of nitrogens with one attached hydrogen (secondary N) is 2. The van der Waals surface area contributed by atoms with E-state index in [2.05, 4.69) is 88.8 Å². The lowest BCUT2D eigenvalue weighted by atomic mass is 10.1. The predicted octanol–water partition coefficient (Wildman–Crippen LogP) is 4.79. The van der Waals surface area contributed by atoms with Crippen molar-refractivity contribution in [2.24, 2.45) is 0 Å². The number of aromatic amines is 2. The molecule has 152 valence electrons. The number of hydrogen-bond donors (Lipinski definition) is 2. The second-order valence-corrected chi connectivity index (χ2v) is 8.13. The fourth-order valence-corrected chi connectivity index (χ4v) is 4.16. The molecule has 0 saturated carbocycles. The highest BCUT2D eigenvalue weighted by atomic mass is 15.6. The standard InChI is InChI=1S/C25H22N6/c1-30-14-16(15-31(30)2)24-12-23-11-21-6-5-19(27-21)9-17-3-4-18(26-17)10-20-7-8-22(28-20)13-25(24)29-23/h3-14,26,29H,15H2,1-2H3. The highest BCUT2D eigenvalue weighted by Gasteiger charge is 2.18. The first kappa shape index (κ1) is 17.9. The fraction of sp³-hybridized carbons (Fsp3) is 0.120. The Morgan fingerprint density at radius 1 is 0.710 bits per heavy atom. The van der Waals surface area contributed by atoms with Gasteiger partial charge in [-0.25, -0.2) is 15.0 Å². The Kier molecular flexibility index (Phi) is 3.94. The Bertz CT molecular complexity index is 1450. The Labute approximate surface area is 179 Å². The lowest BCUT2D eigenvalue weighted by Gasteiger charge is -2.18. The van der Waals surface area contributed by atoms with Gasteiger partial charge < -0.3 is 15.0 Å². The molecule has 3 aromatic heterocycles. The van der Waals surface area contributed by atoms with Crippen LogP contribution in [-0.4, -0.2) is 50.6 Å². The molecule has 8 bridgehead atoms. The maximum absolute atomic E-state index is 4.79. The van der Waals surface area contributed by atoms with Crippen LogP contribution in [0.4, 0.5) is 0 Å². The van der Waals surface area contributed by atoms with Gasteiger partial charge in [-0.05, 0) is 72.3 Å². The van der Waals surface area contributed by atoms with Crippen molar-refractivity contribution in [1.82, 2.24) is 30.0 Å². The van der Waals surface area contributed by atoms with Gasteiger partial charge >= 0.3 is 0 Å². The molecule has 31 heavy (non-hydrogen) atoms. The van der Waals surface area contributed by atoms with Crippen molar-refractivity contribution < 1.29 is 0 Å². The monoisotopic (exact) mass is 406 g/mol. The maximum atomic E-state index is 4.79. The first-order chi connectivity index (χ1) is 15.1. The summed E-state index contributed by atoms with van der Waals surface area (Å²) in [4.78, 5) is 16.5. The van der Waals surface area contributed by atoms with Gasteiger partial charge in [-0.15, -0.1) is 0 Å². The molecule has 0 aromatic carbocycles. The number of H-pyrrole nitrogens is 2. The maximum Gasteiger partial charge on any atom is 0.0658 e. The van der Waals surface area contributed by atoms with Gasteiger partial charge in [0.2, 0.25) is 0 Å². The minimum atomic E-state index is 0.866. The molecule has 3 aliphatic heterocycles. The molecule has 3 aliphatic rings. The van der Waals surface area contributed by atoms with Gasteiger partial charge in [-0.3, -0.25) is 0 Å². The normalized spacial score (nSPS) is 15.7. The summed E-state index contributed by atoms with van der Waals surface area (Å²) < 4.78 is 0. The Balaban J connectivity index is 1.64. The van der Waals surface area contributed by atoms with Crippen LogP contribution in [0.2, 0.25) is 0 Å². The summed E-state index contributed by atoms with van der Waals surface area (Å²) in [5.41, 5.74) is 10.3. The minimum absolute atomic E-state index is 0.866. The fourth-order valence-electron chi connectivity index (χ4n) is 4.16. The third kappa shape index (κ3) is 3.37. The van der Waals surface area contributed by atoms with Crippen LogP contribution >= 0.6 is 0 Å². The lowest BCUT2D eigenvalue weighted by Crippen LogP contribution is -2.27. The molecule has 0 atom stereocenters. The molecule has 0 fully saturated rings. The van der Waals surface area contributed by atoms with Crippen molar-refractivity contribution in [3.63, 3.8) is 0 Å². The van der Waals surface area contributed by atoms with E-state index < -0.39 is 0 Å². The summed E-state index contributed by atoms with van der Waals surface area (Å²) in [6.07, 6.45) is 10.4. The van der Waals surface area contributed by atoms with Gasteiger partial charge in [0, 0.05) is 54.5 Å². The van der Waals surface area contributed by atoms with Gasteiger partial charge in [0.05, 0.1) is 22.8 Å². The van der Waals surface area contributed by atoms with Gasteiger partial charge in [-0.1, -0.05) is 0 Å². The summed E-state index contributed by atoms with van der Waals surface area (Å²) in [5, 5.41) is 4.30. The van der Waals surface area contributed by atoms with E-state index in [1.807, 2.05) is 18.2 Å². The molecule has 0 saturated heterocycles. The molecule has 0 radical (unpaired) electrons. The van der Waals surface area contributed by atoms with E-state index in [0.29, 0.717) is 0 Å². The number of nitrogens with zero attached hydrogens (tertiary/aromatic N) is 4. The number of hydrazine groups is 1. The summed E-state index contributed by atoms with van der Waals surface area (Å²) >= 11 is 0. The van der Waals surface area contributed by atoms with Crippen molar-refractivity contribution in [1.29, 1.82) is 0 Å². The molecule has 6 heteroatoms. The largest absolute Gasteiger partial charge is 0.355 e. The van der Waals surface area contributed by atoms with Gasteiger partial charge in [0.25, 0.3) is 0 Å². The first-order valence-corrected chi connectivity index (χ1v) is 10.3. The molecular formula is C25H22N6. The van der Waals surface area contributed by atoms with Gasteiger partial charge in [0.15, 0.2) is 0 Å². The van der Waals surface area contributed by atoms with E-state index in [4.69, 9.17) is 9.97 Å². The quantitative estimate of drug-likeness (QED) is 0.420. The highest BCUT2D eigenvalue weighted by molar-refractivity contribution is 5.86. The number of hydrogen-bond acceptors (Lipinski definition) is 4. The lowest BCUT2D eigenvalue weighted by molar-refractivity contribution is 0.118. The Hall–Kier alpha value is -3.90. The molecule has 0 amide bonds. The van der Waals surface area contributed by atoms with Crippen LogP contribution in [0.1, 0.15) is 28.3 Å². The molecule has 2 N–H and O–H groups in total. The van der Waals surface area contributed by atoms with Crippen LogP contribution in [-0.2, 0) is 0 Å². The van der Waals surface area contributed by atoms with Crippen molar-refractivity contribution >= 4 is 51.9 Å². The second kappa shape index (κ2) is 6.82. The molecule has 3 aromatic rings. The average Bonchev–Trinajstić information content (AvgIpc) is 3.53.